The highest BCUT2D eigenvalue weighted by molar-refractivity contribution is 9.10. The number of nitrogens with zero attached hydrogens (tertiary/aromatic N) is 3. The Balaban J connectivity index is 1.41. The van der Waals surface area contributed by atoms with Crippen molar-refractivity contribution in [3.63, 3.8) is 0 Å². The van der Waals surface area contributed by atoms with E-state index in [4.69, 9.17) is 4.74 Å². The second-order valence-corrected chi connectivity index (χ2v) is 9.90. The minimum Gasteiger partial charge on any atom is -0.444 e. The van der Waals surface area contributed by atoms with Crippen molar-refractivity contribution in [3.05, 3.63) is 63.6 Å². The molecule has 2 aliphatic heterocycles. The van der Waals surface area contributed by atoms with E-state index in [1.165, 1.54) is 0 Å². The van der Waals surface area contributed by atoms with Gasteiger partial charge in [-0.1, -0.05) is 40.2 Å². The zero-order chi connectivity index (χ0) is 22.2. The van der Waals surface area contributed by atoms with Crippen LogP contribution in [0.15, 0.2) is 46.9 Å². The molecule has 7 heteroatoms. The van der Waals surface area contributed by atoms with Crippen LogP contribution in [-0.4, -0.2) is 53.6 Å². The molecule has 2 heterocycles. The Morgan fingerprint density at radius 3 is 2.45 bits per heavy atom. The van der Waals surface area contributed by atoms with Gasteiger partial charge >= 0.3 is 6.09 Å². The molecule has 0 saturated carbocycles. The lowest BCUT2D eigenvalue weighted by Crippen LogP contribution is -2.50. The molecular weight excluding hydrogens is 458 g/mol. The molecule has 2 aromatic carbocycles. The van der Waals surface area contributed by atoms with Crippen molar-refractivity contribution in [2.45, 2.75) is 39.5 Å². The molecule has 0 radical (unpaired) electrons. The van der Waals surface area contributed by atoms with Crippen molar-refractivity contribution in [3.8, 4) is 0 Å². The summed E-state index contributed by atoms with van der Waals surface area (Å²) in [6.45, 7) is 9.48. The summed E-state index contributed by atoms with van der Waals surface area (Å²) < 4.78 is 6.49. The van der Waals surface area contributed by atoms with Gasteiger partial charge in [-0.05, 0) is 50.1 Å². The average Bonchev–Trinajstić information content (AvgIpc) is 3.03. The standard InChI is InChI=1S/C24H28BrN3O3/c1-24(2,3)31-23(30)27-12-10-26(11-13-27)19-9-8-17-15-28(22(29)20(17)14-19)16-18-6-4-5-7-21(18)25/h4-9,14H,10-13,15-16H2,1-3H3. The van der Waals surface area contributed by atoms with E-state index in [1.807, 2.05) is 56.0 Å². The van der Waals surface area contributed by atoms with Gasteiger partial charge in [0.1, 0.15) is 5.60 Å². The molecule has 2 amide bonds. The summed E-state index contributed by atoms with van der Waals surface area (Å²) in [5, 5.41) is 0. The molecule has 0 N–H and O–H groups in total. The summed E-state index contributed by atoms with van der Waals surface area (Å²) in [5.74, 6) is 0.0694. The van der Waals surface area contributed by atoms with Crippen molar-refractivity contribution >= 4 is 33.6 Å². The van der Waals surface area contributed by atoms with Crippen LogP contribution in [0.1, 0.15) is 42.3 Å². The molecule has 0 aromatic heterocycles. The van der Waals surface area contributed by atoms with Crippen molar-refractivity contribution in [2.24, 2.45) is 0 Å². The molecule has 0 bridgehead atoms. The van der Waals surface area contributed by atoms with Crippen molar-refractivity contribution in [2.75, 3.05) is 31.1 Å². The maximum Gasteiger partial charge on any atom is 0.410 e. The summed E-state index contributed by atoms with van der Waals surface area (Å²) in [4.78, 5) is 31.2. The summed E-state index contributed by atoms with van der Waals surface area (Å²) in [6.07, 6.45) is -0.265. The smallest absolute Gasteiger partial charge is 0.410 e. The first-order chi connectivity index (χ1) is 14.7. The first-order valence-electron chi connectivity index (χ1n) is 10.6. The molecular formula is C24H28BrN3O3. The zero-order valence-electron chi connectivity index (χ0n) is 18.2. The van der Waals surface area contributed by atoms with E-state index < -0.39 is 5.60 Å². The number of halogens is 1. The number of hydrogen-bond acceptors (Lipinski definition) is 4. The van der Waals surface area contributed by atoms with Crippen molar-refractivity contribution in [1.29, 1.82) is 0 Å². The summed E-state index contributed by atoms with van der Waals surface area (Å²) in [6, 6.07) is 14.1. The van der Waals surface area contributed by atoms with E-state index in [-0.39, 0.29) is 12.0 Å². The predicted octanol–water partition coefficient (Wildman–Crippen LogP) is 4.66. The second kappa shape index (κ2) is 8.54. The number of benzene rings is 2. The van der Waals surface area contributed by atoms with Gasteiger partial charge in [0.15, 0.2) is 0 Å². The highest BCUT2D eigenvalue weighted by Gasteiger charge is 2.30. The lowest BCUT2D eigenvalue weighted by molar-refractivity contribution is 0.0240. The fourth-order valence-corrected chi connectivity index (χ4v) is 4.39. The molecule has 2 aliphatic rings. The molecule has 0 unspecified atom stereocenters. The Morgan fingerprint density at radius 2 is 1.77 bits per heavy atom. The lowest BCUT2D eigenvalue weighted by Gasteiger charge is -2.36. The lowest BCUT2D eigenvalue weighted by atomic mass is 10.1. The molecule has 6 nitrogen and oxygen atoms in total. The Hall–Kier alpha value is -2.54. The largest absolute Gasteiger partial charge is 0.444 e. The van der Waals surface area contributed by atoms with E-state index in [9.17, 15) is 9.59 Å². The fourth-order valence-electron chi connectivity index (χ4n) is 3.98. The molecule has 164 valence electrons. The van der Waals surface area contributed by atoms with Crippen LogP contribution in [0.5, 0.6) is 0 Å². The molecule has 1 fully saturated rings. The number of hydrogen-bond donors (Lipinski definition) is 0. The van der Waals surface area contributed by atoms with E-state index in [2.05, 4.69) is 33.0 Å². The average molecular weight is 486 g/mol. The number of carbonyl (C=O) groups excluding carboxylic acids is 2. The summed E-state index contributed by atoms with van der Waals surface area (Å²) in [7, 11) is 0. The van der Waals surface area contributed by atoms with Gasteiger partial charge in [-0.3, -0.25) is 4.79 Å². The van der Waals surface area contributed by atoms with Crippen LogP contribution in [0.2, 0.25) is 0 Å². The van der Waals surface area contributed by atoms with Crippen molar-refractivity contribution < 1.29 is 14.3 Å². The number of piperazine rings is 1. The highest BCUT2D eigenvalue weighted by atomic mass is 79.9. The SMILES string of the molecule is CC(C)(C)OC(=O)N1CCN(c2ccc3c(c2)C(=O)N(Cc2ccccc2Br)C3)CC1. The number of carbonyl (C=O) groups is 2. The van der Waals surface area contributed by atoms with Crippen molar-refractivity contribution in [1.82, 2.24) is 9.80 Å². The summed E-state index contributed by atoms with van der Waals surface area (Å²) in [5.41, 5.74) is 3.48. The van der Waals surface area contributed by atoms with Crippen LogP contribution in [0, 0.1) is 0 Å². The number of fused-ring (bicyclic) bond motifs is 1. The maximum atomic E-state index is 13.0. The number of anilines is 1. The predicted molar refractivity (Wildman–Crippen MR) is 124 cm³/mol. The van der Waals surface area contributed by atoms with Gasteiger partial charge in [0.05, 0.1) is 0 Å². The second-order valence-electron chi connectivity index (χ2n) is 9.05. The van der Waals surface area contributed by atoms with E-state index >= 15 is 0 Å². The first-order valence-corrected chi connectivity index (χ1v) is 11.4. The monoisotopic (exact) mass is 485 g/mol. The van der Waals surface area contributed by atoms with Crippen LogP contribution in [0.25, 0.3) is 0 Å². The Kier molecular flexibility index (Phi) is 5.97. The topological polar surface area (TPSA) is 53.1 Å². The van der Waals surface area contributed by atoms with Crippen LogP contribution >= 0.6 is 15.9 Å². The molecule has 0 aliphatic carbocycles. The number of amides is 2. The van der Waals surface area contributed by atoms with Gasteiger partial charge < -0.3 is 19.4 Å². The molecule has 0 spiro atoms. The Bertz CT molecular complexity index is 994. The zero-order valence-corrected chi connectivity index (χ0v) is 19.8. The summed E-state index contributed by atoms with van der Waals surface area (Å²) >= 11 is 3.57. The quantitative estimate of drug-likeness (QED) is 0.634. The van der Waals surface area contributed by atoms with Gasteiger partial charge in [0.25, 0.3) is 5.91 Å². The van der Waals surface area contributed by atoms with Crippen LogP contribution in [0.3, 0.4) is 0 Å². The first kappa shape index (κ1) is 21.7. The number of rotatable bonds is 3. The van der Waals surface area contributed by atoms with Gasteiger partial charge in [-0.15, -0.1) is 0 Å². The van der Waals surface area contributed by atoms with E-state index in [0.29, 0.717) is 39.3 Å². The third kappa shape index (κ3) is 4.87. The van der Waals surface area contributed by atoms with Crippen LogP contribution in [-0.2, 0) is 17.8 Å². The normalized spacial score (nSPS) is 16.5. The maximum absolute atomic E-state index is 13.0. The fraction of sp³-hybridized carbons (Fsp3) is 0.417. The van der Waals surface area contributed by atoms with E-state index in [0.717, 1.165) is 26.9 Å². The van der Waals surface area contributed by atoms with Gasteiger partial charge in [0.2, 0.25) is 0 Å². The van der Waals surface area contributed by atoms with Crippen LogP contribution in [0.4, 0.5) is 10.5 Å². The molecule has 2 aromatic rings. The third-order valence-corrected chi connectivity index (χ3v) is 6.36. The van der Waals surface area contributed by atoms with Gasteiger partial charge in [-0.25, -0.2) is 4.79 Å². The number of ether oxygens (including phenoxy) is 1. The highest BCUT2D eigenvalue weighted by Crippen LogP contribution is 2.30. The van der Waals surface area contributed by atoms with Gasteiger partial charge in [-0.2, -0.15) is 0 Å². The minimum atomic E-state index is -0.490. The minimum absolute atomic E-state index is 0.0694. The Labute approximate surface area is 191 Å². The molecule has 31 heavy (non-hydrogen) atoms. The molecule has 1 saturated heterocycles. The van der Waals surface area contributed by atoms with E-state index in [1.54, 1.807) is 4.90 Å². The van der Waals surface area contributed by atoms with Crippen LogP contribution < -0.4 is 4.90 Å². The van der Waals surface area contributed by atoms with Gasteiger partial charge in [0, 0.05) is 55.0 Å². The Morgan fingerprint density at radius 1 is 1.06 bits per heavy atom. The third-order valence-electron chi connectivity index (χ3n) is 5.59. The molecule has 4 rings (SSSR count). The molecule has 0 atom stereocenters.